The van der Waals surface area contributed by atoms with E-state index in [-0.39, 0.29) is 6.10 Å². The number of carbonyl (C=O) groups excluding carboxylic acids is 2. The van der Waals surface area contributed by atoms with Gasteiger partial charge in [-0.25, -0.2) is 4.79 Å². The quantitative estimate of drug-likeness (QED) is 0.682. The van der Waals surface area contributed by atoms with Gasteiger partial charge in [0.25, 0.3) is 0 Å². The second-order valence-corrected chi connectivity index (χ2v) is 8.65. The van der Waals surface area contributed by atoms with Crippen LogP contribution < -0.4 is 0 Å². The van der Waals surface area contributed by atoms with Gasteiger partial charge in [-0.2, -0.15) is 5.06 Å². The third kappa shape index (κ3) is 4.54. The number of nitrogens with zero attached hydrogens (tertiary/aromatic N) is 1. The van der Waals surface area contributed by atoms with Crippen LogP contribution in [-0.4, -0.2) is 73.3 Å². The smallest absolute Gasteiger partial charge is 0.338 e. The van der Waals surface area contributed by atoms with Crippen LogP contribution in [0.5, 0.6) is 0 Å². The summed E-state index contributed by atoms with van der Waals surface area (Å²) in [5, 5.41) is 1.61. The van der Waals surface area contributed by atoms with Crippen molar-refractivity contribution < 1.29 is 33.4 Å². The van der Waals surface area contributed by atoms with Crippen LogP contribution in [0, 0.1) is 5.92 Å². The molecule has 2 aliphatic heterocycles. The van der Waals surface area contributed by atoms with Crippen LogP contribution in [0.3, 0.4) is 0 Å². The summed E-state index contributed by atoms with van der Waals surface area (Å²) < 4.78 is 22.1. The monoisotopic (exact) mass is 373 g/mol. The van der Waals surface area contributed by atoms with E-state index < -0.39 is 47.3 Å². The lowest BCUT2D eigenvalue weighted by molar-refractivity contribution is -0.189. The molecule has 0 spiro atoms. The van der Waals surface area contributed by atoms with E-state index >= 15 is 0 Å². The van der Waals surface area contributed by atoms with Crippen LogP contribution in [0.25, 0.3) is 0 Å². The lowest BCUT2D eigenvalue weighted by Gasteiger charge is -2.35. The Kier molecular flexibility index (Phi) is 6.02. The Bertz CT molecular complexity index is 537. The highest BCUT2D eigenvalue weighted by Crippen LogP contribution is 2.41. The average molecular weight is 373 g/mol. The summed E-state index contributed by atoms with van der Waals surface area (Å²) in [5.74, 6) is -2.00. The first-order valence-electron chi connectivity index (χ1n) is 8.82. The van der Waals surface area contributed by atoms with E-state index in [1.165, 1.54) is 14.2 Å². The highest BCUT2D eigenvalue weighted by molar-refractivity contribution is 5.85. The predicted octanol–water partition coefficient (Wildman–Crippen LogP) is 1.31. The van der Waals surface area contributed by atoms with Crippen molar-refractivity contribution in [1.82, 2.24) is 5.06 Å². The number of fused-ring (bicyclic) bond motifs is 1. The molecule has 0 aromatic carbocycles. The molecule has 0 aromatic heterocycles. The highest BCUT2D eigenvalue weighted by atomic mass is 16.7. The van der Waals surface area contributed by atoms with Gasteiger partial charge < -0.3 is 18.9 Å². The maximum Gasteiger partial charge on any atom is 0.338 e. The van der Waals surface area contributed by atoms with Gasteiger partial charge in [-0.3, -0.25) is 9.63 Å². The van der Waals surface area contributed by atoms with Crippen LogP contribution in [0.15, 0.2) is 0 Å². The van der Waals surface area contributed by atoms with Gasteiger partial charge in [0.2, 0.25) is 0 Å². The van der Waals surface area contributed by atoms with Gasteiger partial charge in [-0.1, -0.05) is 0 Å². The van der Waals surface area contributed by atoms with E-state index in [0.29, 0.717) is 6.54 Å². The maximum atomic E-state index is 12.5. The molecular weight excluding hydrogens is 342 g/mol. The van der Waals surface area contributed by atoms with Gasteiger partial charge >= 0.3 is 11.9 Å². The van der Waals surface area contributed by atoms with Gasteiger partial charge in [0.1, 0.15) is 18.1 Å². The molecule has 0 N–H and O–H groups in total. The third-order valence-corrected chi connectivity index (χ3v) is 4.24. The summed E-state index contributed by atoms with van der Waals surface area (Å²) >= 11 is 0. The second-order valence-electron chi connectivity index (χ2n) is 8.65. The molecule has 2 aliphatic rings. The zero-order chi connectivity index (χ0) is 19.9. The minimum Gasteiger partial charge on any atom is -0.469 e. The topological polar surface area (TPSA) is 83.5 Å². The minimum absolute atomic E-state index is 0.315. The molecule has 1 unspecified atom stereocenters. The molecule has 0 bridgehead atoms. The number of hydrogen-bond donors (Lipinski definition) is 0. The minimum atomic E-state index is -1.06. The van der Waals surface area contributed by atoms with Crippen LogP contribution in [0.2, 0.25) is 0 Å². The zero-order valence-corrected chi connectivity index (χ0v) is 16.9. The molecule has 0 radical (unpaired) electrons. The number of hydroxylamine groups is 2. The third-order valence-electron chi connectivity index (χ3n) is 4.24. The summed E-state index contributed by atoms with van der Waals surface area (Å²) in [6, 6.07) is -0.502. The van der Waals surface area contributed by atoms with Gasteiger partial charge in [0.05, 0.1) is 38.0 Å². The number of ether oxygens (including phenoxy) is 4. The Balaban J connectivity index is 2.37. The second kappa shape index (κ2) is 7.42. The molecule has 5 atom stereocenters. The molecule has 8 heteroatoms. The fraction of sp³-hybridized carbons (Fsp3) is 0.889. The largest absolute Gasteiger partial charge is 0.469 e. The van der Waals surface area contributed by atoms with Crippen LogP contribution >= 0.6 is 0 Å². The molecule has 2 rings (SSSR count). The molecule has 0 saturated carbocycles. The number of carbonyl (C=O) groups is 2. The first-order chi connectivity index (χ1) is 11.9. The van der Waals surface area contributed by atoms with E-state index in [2.05, 4.69) is 0 Å². The van der Waals surface area contributed by atoms with Gasteiger partial charge in [-0.15, -0.1) is 0 Å². The van der Waals surface area contributed by atoms with Crippen LogP contribution in [-0.2, 0) is 33.4 Å². The molecule has 0 amide bonds. The summed E-state index contributed by atoms with van der Waals surface area (Å²) in [4.78, 5) is 30.3. The lowest BCUT2D eigenvalue weighted by Crippen LogP contribution is -2.49. The van der Waals surface area contributed by atoms with Crippen molar-refractivity contribution in [3.63, 3.8) is 0 Å². The summed E-state index contributed by atoms with van der Waals surface area (Å²) in [6.45, 7) is 12.1. The summed E-state index contributed by atoms with van der Waals surface area (Å²) in [7, 11) is 2.55. The molecule has 2 fully saturated rings. The number of rotatable bonds is 4. The van der Waals surface area contributed by atoms with Crippen molar-refractivity contribution in [1.29, 1.82) is 0 Å². The van der Waals surface area contributed by atoms with E-state index in [1.807, 2.05) is 41.5 Å². The first kappa shape index (κ1) is 21.1. The zero-order valence-electron chi connectivity index (χ0n) is 16.9. The Hall–Kier alpha value is -1.22. The molecule has 8 nitrogen and oxygen atoms in total. The SMILES string of the molecule is COC(=O)[C@@H]1[C@H]2[C@@H](OC(C)(C)C)C(OC(C)(C)C)CN2O[C@@H]1C(=O)OC. The van der Waals surface area contributed by atoms with Crippen molar-refractivity contribution in [2.45, 2.75) is 77.1 Å². The molecule has 2 heterocycles. The number of esters is 2. The summed E-state index contributed by atoms with van der Waals surface area (Å²) in [5.41, 5.74) is -0.864. The number of methoxy groups -OCH3 is 2. The van der Waals surface area contributed by atoms with Crippen molar-refractivity contribution in [3.8, 4) is 0 Å². The van der Waals surface area contributed by atoms with Crippen LogP contribution in [0.4, 0.5) is 0 Å². The molecule has 26 heavy (non-hydrogen) atoms. The van der Waals surface area contributed by atoms with Crippen molar-refractivity contribution in [2.24, 2.45) is 5.92 Å². The van der Waals surface area contributed by atoms with Crippen molar-refractivity contribution in [2.75, 3.05) is 20.8 Å². The fourth-order valence-electron chi connectivity index (χ4n) is 3.49. The Morgan fingerprint density at radius 1 is 0.923 bits per heavy atom. The summed E-state index contributed by atoms with van der Waals surface area (Å²) in [6.07, 6.45) is -1.84. The molecule has 2 saturated heterocycles. The predicted molar refractivity (Wildman–Crippen MR) is 92.1 cm³/mol. The van der Waals surface area contributed by atoms with Crippen molar-refractivity contribution in [3.05, 3.63) is 0 Å². The molecule has 0 aromatic rings. The van der Waals surface area contributed by atoms with Gasteiger partial charge in [0.15, 0.2) is 6.10 Å². The van der Waals surface area contributed by atoms with E-state index in [0.717, 1.165) is 0 Å². The lowest BCUT2D eigenvalue weighted by atomic mass is 9.90. The van der Waals surface area contributed by atoms with E-state index in [1.54, 1.807) is 5.06 Å². The van der Waals surface area contributed by atoms with Gasteiger partial charge in [0, 0.05) is 0 Å². The standard InChI is InChI=1S/C18H31NO7/c1-17(2,3)24-10-9-19-12(13(10)25-18(4,5)6)11(15(20)22-7)14(26-19)16(21)23-8/h10-14H,9H2,1-8H3/t10?,11-,12+,13+,14+/m1/s1. The molecule has 150 valence electrons. The van der Waals surface area contributed by atoms with Crippen molar-refractivity contribution >= 4 is 11.9 Å². The number of hydrogen-bond acceptors (Lipinski definition) is 8. The molecular formula is C18H31NO7. The normalized spacial score (nSPS) is 32.4. The van der Waals surface area contributed by atoms with Gasteiger partial charge in [-0.05, 0) is 41.5 Å². The van der Waals surface area contributed by atoms with E-state index in [4.69, 9.17) is 23.8 Å². The van der Waals surface area contributed by atoms with Crippen LogP contribution in [0.1, 0.15) is 41.5 Å². The van der Waals surface area contributed by atoms with E-state index in [9.17, 15) is 9.59 Å². The Labute approximate surface area is 155 Å². The Morgan fingerprint density at radius 3 is 1.92 bits per heavy atom. The first-order valence-corrected chi connectivity index (χ1v) is 8.82. The Morgan fingerprint density at radius 2 is 1.46 bits per heavy atom. The molecule has 0 aliphatic carbocycles. The fourth-order valence-corrected chi connectivity index (χ4v) is 3.49. The average Bonchev–Trinajstić information content (AvgIpc) is 3.00. The maximum absolute atomic E-state index is 12.5. The highest BCUT2D eigenvalue weighted by Gasteiger charge is 2.61.